The largest absolute Gasteiger partial charge is 0.327 e. The van der Waals surface area contributed by atoms with Crippen LogP contribution in [0.5, 0.6) is 0 Å². The molecule has 0 spiro atoms. The first-order valence-electron chi connectivity index (χ1n) is 8.77. The van der Waals surface area contributed by atoms with E-state index in [0.717, 1.165) is 43.5 Å². The van der Waals surface area contributed by atoms with Gasteiger partial charge in [-0.1, -0.05) is 45.9 Å². The van der Waals surface area contributed by atoms with Crippen LogP contribution in [-0.4, -0.2) is 25.5 Å². The quantitative estimate of drug-likeness (QED) is 0.860. The second kappa shape index (κ2) is 7.77. The van der Waals surface area contributed by atoms with E-state index >= 15 is 0 Å². The van der Waals surface area contributed by atoms with Crippen LogP contribution < -0.4 is 10.2 Å². The van der Waals surface area contributed by atoms with Crippen molar-refractivity contribution < 1.29 is 9.69 Å². The Balaban J connectivity index is 2.03. The van der Waals surface area contributed by atoms with E-state index in [9.17, 15) is 4.79 Å². The minimum atomic E-state index is 0.159. The molecule has 0 aromatic heterocycles. The zero-order valence-electron chi connectivity index (χ0n) is 14.5. The van der Waals surface area contributed by atoms with Crippen molar-refractivity contribution in [1.29, 1.82) is 0 Å². The number of quaternary nitrogens is 1. The first-order valence-corrected chi connectivity index (χ1v) is 8.77. The number of carbonyl (C=O) groups is 1. The van der Waals surface area contributed by atoms with Gasteiger partial charge in [-0.3, -0.25) is 4.79 Å². The van der Waals surface area contributed by atoms with Gasteiger partial charge < -0.3 is 10.2 Å². The van der Waals surface area contributed by atoms with Crippen LogP contribution in [0, 0.1) is 11.8 Å². The number of benzene rings is 1. The SMILES string of the molecule is CCc1cccc(CC)c1NC(=O)C[NH+]1C[C@H](C)C[C@H](C)C1. The summed E-state index contributed by atoms with van der Waals surface area (Å²) in [4.78, 5) is 13.9. The summed E-state index contributed by atoms with van der Waals surface area (Å²) in [7, 11) is 0. The molecule has 3 nitrogen and oxygen atoms in total. The third-order valence-electron chi connectivity index (χ3n) is 4.75. The van der Waals surface area contributed by atoms with Crippen LogP contribution in [0.3, 0.4) is 0 Å². The van der Waals surface area contributed by atoms with Crippen molar-refractivity contribution in [3.05, 3.63) is 29.3 Å². The predicted molar refractivity (Wildman–Crippen MR) is 92.3 cm³/mol. The smallest absolute Gasteiger partial charge is 0.279 e. The second-order valence-electron chi connectivity index (χ2n) is 6.99. The third-order valence-corrected chi connectivity index (χ3v) is 4.75. The second-order valence-corrected chi connectivity index (χ2v) is 6.99. The van der Waals surface area contributed by atoms with Gasteiger partial charge in [0.1, 0.15) is 0 Å². The molecule has 1 aromatic carbocycles. The van der Waals surface area contributed by atoms with E-state index in [-0.39, 0.29) is 5.91 Å². The van der Waals surface area contributed by atoms with E-state index < -0.39 is 0 Å². The topological polar surface area (TPSA) is 33.5 Å². The molecule has 1 amide bonds. The highest BCUT2D eigenvalue weighted by Gasteiger charge is 2.26. The lowest BCUT2D eigenvalue weighted by molar-refractivity contribution is -0.904. The van der Waals surface area contributed by atoms with E-state index in [1.165, 1.54) is 22.4 Å². The maximum Gasteiger partial charge on any atom is 0.279 e. The van der Waals surface area contributed by atoms with Crippen LogP contribution >= 0.6 is 0 Å². The van der Waals surface area contributed by atoms with Gasteiger partial charge in [-0.15, -0.1) is 0 Å². The zero-order valence-corrected chi connectivity index (χ0v) is 14.5. The van der Waals surface area contributed by atoms with Crippen molar-refractivity contribution in [3.63, 3.8) is 0 Å². The molecule has 22 heavy (non-hydrogen) atoms. The van der Waals surface area contributed by atoms with Gasteiger partial charge in [-0.05, 0) is 30.4 Å². The molecule has 1 heterocycles. The number of hydrogen-bond acceptors (Lipinski definition) is 1. The van der Waals surface area contributed by atoms with Crippen LogP contribution in [0.2, 0.25) is 0 Å². The lowest BCUT2D eigenvalue weighted by atomic mass is 9.92. The summed E-state index contributed by atoms with van der Waals surface area (Å²) in [6.45, 7) is 11.7. The van der Waals surface area contributed by atoms with Crippen molar-refractivity contribution >= 4 is 11.6 Å². The van der Waals surface area contributed by atoms with Gasteiger partial charge in [0.15, 0.2) is 6.54 Å². The van der Waals surface area contributed by atoms with Gasteiger partial charge in [-0.2, -0.15) is 0 Å². The molecule has 1 unspecified atom stereocenters. The molecule has 2 rings (SSSR count). The molecule has 0 saturated carbocycles. The predicted octanol–water partition coefficient (Wildman–Crippen LogP) is 2.31. The molecule has 3 atom stereocenters. The van der Waals surface area contributed by atoms with Gasteiger partial charge in [0.2, 0.25) is 0 Å². The van der Waals surface area contributed by atoms with Gasteiger partial charge in [-0.25, -0.2) is 0 Å². The highest BCUT2D eigenvalue weighted by atomic mass is 16.2. The van der Waals surface area contributed by atoms with E-state index in [0.29, 0.717) is 6.54 Å². The Hall–Kier alpha value is -1.35. The highest BCUT2D eigenvalue weighted by Crippen LogP contribution is 2.22. The van der Waals surface area contributed by atoms with Crippen LogP contribution in [0.25, 0.3) is 0 Å². The van der Waals surface area contributed by atoms with Gasteiger partial charge in [0, 0.05) is 17.5 Å². The lowest BCUT2D eigenvalue weighted by Crippen LogP contribution is -3.15. The number of nitrogens with one attached hydrogen (secondary N) is 2. The fourth-order valence-corrected chi connectivity index (χ4v) is 3.88. The molecule has 1 aromatic rings. The molecule has 3 heteroatoms. The van der Waals surface area contributed by atoms with E-state index in [4.69, 9.17) is 0 Å². The number of piperidine rings is 1. The standard InChI is InChI=1S/C19H30N2O/c1-5-16-8-7-9-17(6-2)19(16)20-18(22)13-21-11-14(3)10-15(4)12-21/h7-9,14-15H,5-6,10-13H2,1-4H3,(H,20,22)/p+1/t14-,15+. The molecule has 0 bridgehead atoms. The third kappa shape index (κ3) is 4.33. The van der Waals surface area contributed by atoms with Crippen molar-refractivity contribution in [3.8, 4) is 0 Å². The molecule has 1 fully saturated rings. The number of anilines is 1. The first-order chi connectivity index (χ1) is 10.5. The van der Waals surface area contributed by atoms with Crippen LogP contribution in [0.4, 0.5) is 5.69 Å². The summed E-state index contributed by atoms with van der Waals surface area (Å²) >= 11 is 0. The molecule has 1 aliphatic rings. The van der Waals surface area contributed by atoms with Gasteiger partial charge >= 0.3 is 0 Å². The molecule has 1 saturated heterocycles. The average molecular weight is 303 g/mol. The Kier molecular flexibility index (Phi) is 6.01. The normalized spacial score (nSPS) is 25.0. The summed E-state index contributed by atoms with van der Waals surface area (Å²) in [5.41, 5.74) is 3.53. The molecule has 0 radical (unpaired) electrons. The van der Waals surface area contributed by atoms with E-state index in [1.807, 2.05) is 0 Å². The Bertz CT molecular complexity index is 480. The Labute approximate surface area is 135 Å². The number of rotatable bonds is 5. The zero-order chi connectivity index (χ0) is 16.1. The Morgan fingerprint density at radius 2 is 1.68 bits per heavy atom. The monoisotopic (exact) mass is 303 g/mol. The van der Waals surface area contributed by atoms with E-state index in [2.05, 4.69) is 51.2 Å². The number of hydrogen-bond donors (Lipinski definition) is 2. The van der Waals surface area contributed by atoms with Gasteiger partial charge in [0.05, 0.1) is 13.1 Å². The average Bonchev–Trinajstić information content (AvgIpc) is 2.46. The Morgan fingerprint density at radius 3 is 2.18 bits per heavy atom. The molecular formula is C19H31N2O+. The van der Waals surface area contributed by atoms with E-state index in [1.54, 1.807) is 0 Å². The number of amides is 1. The summed E-state index contributed by atoms with van der Waals surface area (Å²) in [5, 5.41) is 3.20. The van der Waals surface area contributed by atoms with Crippen LogP contribution in [-0.2, 0) is 17.6 Å². The minimum Gasteiger partial charge on any atom is -0.327 e. The minimum absolute atomic E-state index is 0.159. The maximum atomic E-state index is 12.5. The van der Waals surface area contributed by atoms with Crippen molar-refractivity contribution in [2.24, 2.45) is 11.8 Å². The number of para-hydroxylation sites is 1. The number of carbonyl (C=O) groups excluding carboxylic acids is 1. The molecular weight excluding hydrogens is 272 g/mol. The van der Waals surface area contributed by atoms with Crippen molar-refractivity contribution in [1.82, 2.24) is 0 Å². The fourth-order valence-electron chi connectivity index (χ4n) is 3.88. The molecule has 0 aliphatic carbocycles. The molecule has 2 N–H and O–H groups in total. The maximum absolute atomic E-state index is 12.5. The van der Waals surface area contributed by atoms with Crippen LogP contribution in [0.15, 0.2) is 18.2 Å². The highest BCUT2D eigenvalue weighted by molar-refractivity contribution is 5.93. The molecule has 122 valence electrons. The van der Waals surface area contributed by atoms with Crippen molar-refractivity contribution in [2.45, 2.75) is 47.0 Å². The molecule has 1 aliphatic heterocycles. The van der Waals surface area contributed by atoms with Crippen molar-refractivity contribution in [2.75, 3.05) is 25.0 Å². The summed E-state index contributed by atoms with van der Waals surface area (Å²) in [6, 6.07) is 6.33. The Morgan fingerprint density at radius 1 is 1.14 bits per heavy atom. The summed E-state index contributed by atoms with van der Waals surface area (Å²) < 4.78 is 0. The number of likely N-dealkylation sites (tertiary alicyclic amines) is 1. The summed E-state index contributed by atoms with van der Waals surface area (Å²) in [5.74, 6) is 1.60. The first kappa shape index (κ1) is 17.0. The lowest BCUT2D eigenvalue weighted by Gasteiger charge is -2.31. The van der Waals surface area contributed by atoms with Gasteiger partial charge in [0.25, 0.3) is 5.91 Å². The fraction of sp³-hybridized carbons (Fsp3) is 0.632. The summed E-state index contributed by atoms with van der Waals surface area (Å²) in [6.07, 6.45) is 3.20. The number of aryl methyl sites for hydroxylation is 2. The van der Waals surface area contributed by atoms with Crippen LogP contribution in [0.1, 0.15) is 45.2 Å².